The average Bonchev–Trinajstić information content (AvgIpc) is 3.02. The molecule has 9 nitrogen and oxygen atoms in total. The first kappa shape index (κ1) is 28.6. The van der Waals surface area contributed by atoms with Crippen LogP contribution < -0.4 is 19.5 Å². The number of fused-ring (bicyclic) bond motifs is 1. The first-order chi connectivity index (χ1) is 20.1. The SMILES string of the molecule is COc1ccccc1COCCCOc1ccc(C2CCN(C(=O)O)C[C@H]2OC[C@H]2CNc3ccccc3O2)cc1. The maximum absolute atomic E-state index is 11.7. The van der Waals surface area contributed by atoms with Crippen molar-refractivity contribution in [1.82, 2.24) is 4.90 Å². The zero-order valence-electron chi connectivity index (χ0n) is 23.4. The summed E-state index contributed by atoms with van der Waals surface area (Å²) in [6, 6.07) is 23.7. The van der Waals surface area contributed by atoms with Crippen molar-refractivity contribution < 1.29 is 33.6 Å². The van der Waals surface area contributed by atoms with Crippen LogP contribution in [0.4, 0.5) is 10.5 Å². The van der Waals surface area contributed by atoms with Gasteiger partial charge in [0.2, 0.25) is 0 Å². The standard InChI is InChI=1S/C32H38N2O7/c1-37-29-9-4-2-7-24(29)21-38-17-6-18-39-25-13-11-23(12-14-25)27-15-16-34(32(35)36)20-31(27)40-22-26-19-33-28-8-3-5-10-30(28)41-26/h2-5,7-14,26-27,31,33H,6,15-22H2,1H3,(H,35,36)/t26-,27?,31-/m1/s1. The van der Waals surface area contributed by atoms with Gasteiger partial charge in [-0.25, -0.2) is 4.79 Å². The monoisotopic (exact) mass is 562 g/mol. The Balaban J connectivity index is 1.10. The first-order valence-electron chi connectivity index (χ1n) is 14.1. The maximum atomic E-state index is 11.7. The van der Waals surface area contributed by atoms with E-state index in [1.54, 1.807) is 7.11 Å². The Hall–Kier alpha value is -3.95. The molecule has 41 heavy (non-hydrogen) atoms. The minimum atomic E-state index is -0.919. The molecule has 1 unspecified atom stereocenters. The highest BCUT2D eigenvalue weighted by molar-refractivity contribution is 5.65. The molecule has 3 aromatic carbocycles. The zero-order chi connectivity index (χ0) is 28.4. The van der Waals surface area contributed by atoms with Crippen molar-refractivity contribution in [2.45, 2.75) is 37.6 Å². The fraction of sp³-hybridized carbons (Fsp3) is 0.406. The number of nitrogens with zero attached hydrogens (tertiary/aromatic N) is 1. The third kappa shape index (κ3) is 7.62. The van der Waals surface area contributed by atoms with Crippen LogP contribution in [0.25, 0.3) is 0 Å². The number of carboxylic acid groups (broad SMARTS) is 1. The van der Waals surface area contributed by atoms with Gasteiger partial charge in [0.25, 0.3) is 0 Å². The van der Waals surface area contributed by atoms with Crippen molar-refractivity contribution in [3.63, 3.8) is 0 Å². The minimum Gasteiger partial charge on any atom is -0.496 e. The quantitative estimate of drug-likeness (QED) is 0.283. The Morgan fingerprint density at radius 2 is 1.85 bits per heavy atom. The number of rotatable bonds is 12. The summed E-state index contributed by atoms with van der Waals surface area (Å²) in [6.45, 7) is 3.44. The molecule has 0 radical (unpaired) electrons. The van der Waals surface area contributed by atoms with Crippen LogP contribution in [0.3, 0.4) is 0 Å². The second kappa shape index (κ2) is 14.1. The molecule has 3 aromatic rings. The summed E-state index contributed by atoms with van der Waals surface area (Å²) in [4.78, 5) is 13.1. The van der Waals surface area contributed by atoms with E-state index in [0.717, 1.165) is 40.5 Å². The highest BCUT2D eigenvalue weighted by Gasteiger charge is 2.34. The van der Waals surface area contributed by atoms with Crippen LogP contribution in [0, 0.1) is 0 Å². The summed E-state index contributed by atoms with van der Waals surface area (Å²) in [5.41, 5.74) is 3.11. The van der Waals surface area contributed by atoms with Gasteiger partial charge in [-0.2, -0.15) is 0 Å². The third-order valence-electron chi connectivity index (χ3n) is 7.49. The van der Waals surface area contributed by atoms with Gasteiger partial charge in [-0.1, -0.05) is 42.5 Å². The van der Waals surface area contributed by atoms with Gasteiger partial charge in [0, 0.05) is 24.4 Å². The van der Waals surface area contributed by atoms with Gasteiger partial charge in [0.1, 0.15) is 23.4 Å². The number of nitrogens with one attached hydrogen (secondary N) is 1. The maximum Gasteiger partial charge on any atom is 0.407 e. The molecule has 5 rings (SSSR count). The highest BCUT2D eigenvalue weighted by Crippen LogP contribution is 2.33. The van der Waals surface area contributed by atoms with Crippen molar-refractivity contribution >= 4 is 11.8 Å². The predicted octanol–water partition coefficient (Wildman–Crippen LogP) is 5.41. The van der Waals surface area contributed by atoms with Crippen molar-refractivity contribution in [3.05, 3.63) is 83.9 Å². The largest absolute Gasteiger partial charge is 0.496 e. The Bertz CT molecular complexity index is 1270. The van der Waals surface area contributed by atoms with E-state index < -0.39 is 6.09 Å². The molecule has 1 saturated heterocycles. The van der Waals surface area contributed by atoms with Crippen LogP contribution in [-0.4, -0.2) is 74.9 Å². The lowest BCUT2D eigenvalue weighted by atomic mass is 9.87. The number of amides is 1. The number of ether oxygens (including phenoxy) is 5. The number of piperidine rings is 1. The molecule has 1 amide bonds. The highest BCUT2D eigenvalue weighted by atomic mass is 16.5. The summed E-state index contributed by atoms with van der Waals surface area (Å²) in [5.74, 6) is 2.50. The lowest BCUT2D eigenvalue weighted by Gasteiger charge is -2.38. The molecule has 0 spiro atoms. The Morgan fingerprint density at radius 1 is 1.05 bits per heavy atom. The van der Waals surface area contributed by atoms with Gasteiger partial charge >= 0.3 is 6.09 Å². The van der Waals surface area contributed by atoms with Crippen molar-refractivity contribution in [1.29, 1.82) is 0 Å². The van der Waals surface area contributed by atoms with Crippen LogP contribution in [0.1, 0.15) is 29.9 Å². The molecule has 2 aliphatic rings. The summed E-state index contributed by atoms with van der Waals surface area (Å²) < 4.78 is 29.5. The van der Waals surface area contributed by atoms with Gasteiger partial charge < -0.3 is 39.0 Å². The van der Waals surface area contributed by atoms with Crippen molar-refractivity contribution in [2.24, 2.45) is 0 Å². The van der Waals surface area contributed by atoms with Crippen LogP contribution in [0.15, 0.2) is 72.8 Å². The van der Waals surface area contributed by atoms with Crippen LogP contribution in [-0.2, 0) is 16.1 Å². The molecule has 2 heterocycles. The molecule has 1 fully saturated rings. The number of hydrogen-bond acceptors (Lipinski definition) is 7. The van der Waals surface area contributed by atoms with Crippen molar-refractivity contribution in [2.75, 3.05) is 51.9 Å². The lowest BCUT2D eigenvalue weighted by Crippen LogP contribution is -2.47. The minimum absolute atomic E-state index is 0.0758. The van der Waals surface area contributed by atoms with E-state index in [0.29, 0.717) is 52.5 Å². The van der Waals surface area contributed by atoms with Gasteiger partial charge in [-0.15, -0.1) is 0 Å². The normalized spacial score (nSPS) is 19.9. The average molecular weight is 563 g/mol. The fourth-order valence-electron chi connectivity index (χ4n) is 5.29. The lowest BCUT2D eigenvalue weighted by molar-refractivity contribution is -0.0392. The fourth-order valence-corrected chi connectivity index (χ4v) is 5.29. The molecule has 3 atom stereocenters. The van der Waals surface area contributed by atoms with E-state index >= 15 is 0 Å². The summed E-state index contributed by atoms with van der Waals surface area (Å²) >= 11 is 0. The number of hydrogen-bond donors (Lipinski definition) is 2. The number of likely N-dealkylation sites (tertiary alicyclic amines) is 1. The molecule has 0 aromatic heterocycles. The van der Waals surface area contributed by atoms with E-state index in [9.17, 15) is 9.90 Å². The summed E-state index contributed by atoms with van der Waals surface area (Å²) in [5, 5.41) is 13.0. The van der Waals surface area contributed by atoms with Gasteiger partial charge in [0.15, 0.2) is 0 Å². The molecular weight excluding hydrogens is 524 g/mol. The van der Waals surface area contributed by atoms with E-state index in [-0.39, 0.29) is 18.1 Å². The van der Waals surface area contributed by atoms with Crippen molar-refractivity contribution in [3.8, 4) is 17.2 Å². The van der Waals surface area contributed by atoms with Gasteiger partial charge in [-0.3, -0.25) is 0 Å². The first-order valence-corrected chi connectivity index (χ1v) is 14.1. The summed E-state index contributed by atoms with van der Waals surface area (Å²) in [7, 11) is 1.66. The third-order valence-corrected chi connectivity index (χ3v) is 7.49. The second-order valence-corrected chi connectivity index (χ2v) is 10.2. The number of benzene rings is 3. The van der Waals surface area contributed by atoms with Gasteiger partial charge in [0.05, 0.1) is 58.4 Å². The number of anilines is 1. The Morgan fingerprint density at radius 3 is 2.68 bits per heavy atom. The van der Waals surface area contributed by atoms with Crippen LogP contribution >= 0.6 is 0 Å². The Labute approximate surface area is 240 Å². The number of para-hydroxylation sites is 3. The van der Waals surface area contributed by atoms with E-state index in [1.165, 1.54) is 4.90 Å². The van der Waals surface area contributed by atoms with E-state index in [1.807, 2.05) is 60.7 Å². The van der Waals surface area contributed by atoms with Crippen LogP contribution in [0.2, 0.25) is 0 Å². The molecule has 0 bridgehead atoms. The summed E-state index contributed by atoms with van der Waals surface area (Å²) in [6.07, 6.45) is 0.112. The molecule has 0 saturated carbocycles. The molecular formula is C32H38N2O7. The Kier molecular flexibility index (Phi) is 9.82. The van der Waals surface area contributed by atoms with Crippen LogP contribution in [0.5, 0.6) is 17.2 Å². The van der Waals surface area contributed by atoms with E-state index in [2.05, 4.69) is 17.4 Å². The molecule has 2 aliphatic heterocycles. The molecule has 9 heteroatoms. The molecule has 2 N–H and O–H groups in total. The molecule has 218 valence electrons. The molecule has 0 aliphatic carbocycles. The number of carbonyl (C=O) groups is 1. The zero-order valence-corrected chi connectivity index (χ0v) is 23.4. The topological polar surface area (TPSA) is 98.7 Å². The smallest absolute Gasteiger partial charge is 0.407 e. The predicted molar refractivity (Wildman–Crippen MR) is 155 cm³/mol. The second-order valence-electron chi connectivity index (χ2n) is 10.2. The van der Waals surface area contributed by atoms with Gasteiger partial charge in [-0.05, 0) is 42.3 Å². The number of methoxy groups -OCH3 is 1. The van der Waals surface area contributed by atoms with E-state index in [4.69, 9.17) is 23.7 Å².